The zero-order valence-corrected chi connectivity index (χ0v) is 14.7. The number of hydrogen-bond donors (Lipinski definition) is 3. The molecule has 138 valence electrons. The van der Waals surface area contributed by atoms with Crippen LogP contribution in [0.15, 0.2) is 42.7 Å². The van der Waals surface area contributed by atoms with Crippen LogP contribution in [0.4, 0.5) is 11.5 Å². The van der Waals surface area contributed by atoms with Gasteiger partial charge in [0.05, 0.1) is 12.1 Å². The van der Waals surface area contributed by atoms with Crippen molar-refractivity contribution in [3.63, 3.8) is 0 Å². The van der Waals surface area contributed by atoms with E-state index in [1.165, 1.54) is 13.3 Å². The van der Waals surface area contributed by atoms with Crippen LogP contribution in [0.25, 0.3) is 10.9 Å². The molecule has 1 unspecified atom stereocenters. The number of anilines is 2. The molecule has 1 atom stereocenters. The maximum Gasteiger partial charge on any atom is 0.194 e. The van der Waals surface area contributed by atoms with Gasteiger partial charge in [0.1, 0.15) is 18.8 Å². The Morgan fingerprint density at radius 2 is 2.07 bits per heavy atom. The molecule has 3 rings (SSSR count). The molecule has 0 spiro atoms. The number of aliphatic hydroxyl groups excluding tert-OH is 2. The van der Waals surface area contributed by atoms with Crippen molar-refractivity contribution in [2.24, 2.45) is 0 Å². The molecule has 0 saturated heterocycles. The summed E-state index contributed by atoms with van der Waals surface area (Å²) in [6.45, 7) is 1.44. The van der Waals surface area contributed by atoms with E-state index in [1.807, 2.05) is 24.3 Å². The Kier molecular flexibility index (Phi) is 5.71. The lowest BCUT2D eigenvalue weighted by Crippen LogP contribution is -2.12. The summed E-state index contributed by atoms with van der Waals surface area (Å²) in [6.07, 6.45) is 5.85. The summed E-state index contributed by atoms with van der Waals surface area (Å²) in [5, 5.41) is 22.5. The molecule has 0 aliphatic carbocycles. The van der Waals surface area contributed by atoms with Crippen LogP contribution in [-0.4, -0.2) is 39.7 Å². The van der Waals surface area contributed by atoms with E-state index in [0.717, 1.165) is 11.3 Å². The van der Waals surface area contributed by atoms with Gasteiger partial charge in [-0.15, -0.1) is 6.42 Å². The second-order valence-corrected chi connectivity index (χ2v) is 5.68. The van der Waals surface area contributed by atoms with Gasteiger partial charge in [0.25, 0.3) is 0 Å². The standard InChI is InChI=1S/C20H19N3O4/c1-3-14-5-4-6-15(9-14)23-20-16-10-19(27-13(2)25)18(26-8-7-24)11-17(16)21-12-22-20/h1,4-6,9-13,24-25H,7-8H2,2H3,(H,21,22,23). The molecule has 2 aromatic carbocycles. The summed E-state index contributed by atoms with van der Waals surface area (Å²) in [5.74, 6) is 3.84. The Bertz CT molecular complexity index is 983. The number of hydrogen-bond acceptors (Lipinski definition) is 7. The van der Waals surface area contributed by atoms with Crippen molar-refractivity contribution < 1.29 is 19.7 Å². The summed E-state index contributed by atoms with van der Waals surface area (Å²) in [5.41, 5.74) is 2.15. The Morgan fingerprint density at radius 3 is 2.81 bits per heavy atom. The molecular weight excluding hydrogens is 346 g/mol. The molecular formula is C20H19N3O4. The van der Waals surface area contributed by atoms with Crippen molar-refractivity contribution in [3.05, 3.63) is 48.3 Å². The minimum atomic E-state index is -1.03. The first-order valence-electron chi connectivity index (χ1n) is 8.31. The Morgan fingerprint density at radius 1 is 1.22 bits per heavy atom. The van der Waals surface area contributed by atoms with Crippen molar-refractivity contribution in [1.29, 1.82) is 0 Å². The van der Waals surface area contributed by atoms with Gasteiger partial charge in [0, 0.05) is 22.7 Å². The molecule has 0 aliphatic rings. The van der Waals surface area contributed by atoms with Crippen LogP contribution in [-0.2, 0) is 0 Å². The van der Waals surface area contributed by atoms with Crippen LogP contribution in [0.5, 0.6) is 11.5 Å². The number of nitrogens with zero attached hydrogens (tertiary/aromatic N) is 2. The molecule has 0 amide bonds. The van der Waals surface area contributed by atoms with Crippen LogP contribution in [0.3, 0.4) is 0 Å². The van der Waals surface area contributed by atoms with Gasteiger partial charge in [-0.05, 0) is 31.2 Å². The molecule has 3 N–H and O–H groups in total. The topological polar surface area (TPSA) is 96.7 Å². The fourth-order valence-corrected chi connectivity index (χ4v) is 2.53. The monoisotopic (exact) mass is 365 g/mol. The number of fused-ring (bicyclic) bond motifs is 1. The molecule has 0 saturated carbocycles. The van der Waals surface area contributed by atoms with Gasteiger partial charge in [-0.3, -0.25) is 0 Å². The smallest absolute Gasteiger partial charge is 0.194 e. The predicted molar refractivity (Wildman–Crippen MR) is 102 cm³/mol. The Labute approximate surface area is 156 Å². The summed E-state index contributed by atoms with van der Waals surface area (Å²) in [6, 6.07) is 10.8. The lowest BCUT2D eigenvalue weighted by atomic mass is 10.2. The van der Waals surface area contributed by atoms with E-state index in [0.29, 0.717) is 28.2 Å². The van der Waals surface area contributed by atoms with Gasteiger partial charge in [-0.2, -0.15) is 0 Å². The summed E-state index contributed by atoms with van der Waals surface area (Å²) < 4.78 is 10.9. The van der Waals surface area contributed by atoms with Crippen molar-refractivity contribution >= 4 is 22.4 Å². The molecule has 7 nitrogen and oxygen atoms in total. The number of aromatic nitrogens is 2. The molecule has 1 heterocycles. The average Bonchev–Trinajstić information content (AvgIpc) is 2.66. The number of rotatable bonds is 7. The highest BCUT2D eigenvalue weighted by Gasteiger charge is 2.14. The van der Waals surface area contributed by atoms with E-state index in [4.69, 9.17) is 21.0 Å². The number of benzene rings is 2. The minimum absolute atomic E-state index is 0.0940. The second-order valence-electron chi connectivity index (χ2n) is 5.68. The molecule has 0 radical (unpaired) electrons. The van der Waals surface area contributed by atoms with Gasteiger partial charge in [0.15, 0.2) is 17.8 Å². The van der Waals surface area contributed by atoms with E-state index in [-0.39, 0.29) is 13.2 Å². The van der Waals surface area contributed by atoms with Crippen LogP contribution in [0.2, 0.25) is 0 Å². The van der Waals surface area contributed by atoms with Gasteiger partial charge >= 0.3 is 0 Å². The average molecular weight is 365 g/mol. The Hall–Kier alpha value is -3.34. The molecule has 1 aromatic heterocycles. The third-order valence-electron chi connectivity index (χ3n) is 3.64. The summed E-state index contributed by atoms with van der Waals surface area (Å²) in [7, 11) is 0. The summed E-state index contributed by atoms with van der Waals surface area (Å²) in [4.78, 5) is 8.56. The van der Waals surface area contributed by atoms with Crippen LogP contribution in [0.1, 0.15) is 12.5 Å². The normalized spacial score (nSPS) is 11.6. The van der Waals surface area contributed by atoms with Crippen molar-refractivity contribution in [2.45, 2.75) is 13.2 Å². The highest BCUT2D eigenvalue weighted by Crippen LogP contribution is 2.35. The quantitative estimate of drug-likeness (QED) is 0.437. The second kappa shape index (κ2) is 8.36. The lowest BCUT2D eigenvalue weighted by molar-refractivity contribution is -0.00258. The largest absolute Gasteiger partial charge is 0.487 e. The highest BCUT2D eigenvalue weighted by molar-refractivity contribution is 5.93. The van der Waals surface area contributed by atoms with Gasteiger partial charge < -0.3 is 25.0 Å². The molecule has 7 heteroatoms. The van der Waals surface area contributed by atoms with Gasteiger partial charge in [-0.25, -0.2) is 9.97 Å². The first-order valence-corrected chi connectivity index (χ1v) is 8.31. The zero-order valence-electron chi connectivity index (χ0n) is 14.7. The third kappa shape index (κ3) is 4.44. The van der Waals surface area contributed by atoms with Crippen LogP contribution in [0, 0.1) is 12.3 Å². The lowest BCUT2D eigenvalue weighted by Gasteiger charge is -2.16. The molecule has 27 heavy (non-hydrogen) atoms. The fraction of sp³-hybridized carbons (Fsp3) is 0.200. The summed E-state index contributed by atoms with van der Waals surface area (Å²) >= 11 is 0. The maximum atomic E-state index is 9.60. The van der Waals surface area contributed by atoms with E-state index >= 15 is 0 Å². The number of nitrogens with one attached hydrogen (secondary N) is 1. The molecule has 0 fully saturated rings. The number of ether oxygens (including phenoxy) is 2. The SMILES string of the molecule is C#Cc1cccc(Nc2ncnc3cc(OCCO)c(OC(C)O)cc23)c1. The van der Waals surface area contributed by atoms with Crippen molar-refractivity contribution in [3.8, 4) is 23.8 Å². The first kappa shape index (κ1) is 18.5. The number of aliphatic hydroxyl groups is 2. The molecule has 0 aliphatic heterocycles. The van der Waals surface area contributed by atoms with Crippen LogP contribution < -0.4 is 14.8 Å². The Balaban J connectivity index is 2.04. The zero-order chi connectivity index (χ0) is 19.2. The van der Waals surface area contributed by atoms with E-state index < -0.39 is 6.29 Å². The van der Waals surface area contributed by atoms with Crippen LogP contribution >= 0.6 is 0 Å². The van der Waals surface area contributed by atoms with E-state index in [2.05, 4.69) is 21.2 Å². The molecule has 3 aromatic rings. The van der Waals surface area contributed by atoms with E-state index in [1.54, 1.807) is 12.1 Å². The van der Waals surface area contributed by atoms with Crippen molar-refractivity contribution in [2.75, 3.05) is 18.5 Å². The third-order valence-corrected chi connectivity index (χ3v) is 3.64. The fourth-order valence-electron chi connectivity index (χ4n) is 2.53. The minimum Gasteiger partial charge on any atom is -0.487 e. The highest BCUT2D eigenvalue weighted by atomic mass is 16.6. The van der Waals surface area contributed by atoms with Gasteiger partial charge in [-0.1, -0.05) is 12.0 Å². The van der Waals surface area contributed by atoms with Crippen molar-refractivity contribution in [1.82, 2.24) is 9.97 Å². The van der Waals surface area contributed by atoms with E-state index in [9.17, 15) is 5.11 Å². The first-order chi connectivity index (χ1) is 13.1. The maximum absolute atomic E-state index is 9.60. The number of terminal acetylenes is 1. The predicted octanol–water partition coefficient (Wildman–Crippen LogP) is 2.44. The molecule has 0 bridgehead atoms. The van der Waals surface area contributed by atoms with Gasteiger partial charge in [0.2, 0.25) is 0 Å².